The minimum Gasteiger partial charge on any atom is -0.433 e. The Morgan fingerprint density at radius 2 is 1.14 bits per heavy atom. The maximum Gasteiger partial charge on any atom is 0.349 e. The highest BCUT2D eigenvalue weighted by Gasteiger charge is 2.44. The maximum atomic E-state index is 6.89. The van der Waals surface area contributed by atoms with Crippen LogP contribution in [0.5, 0.6) is 0 Å². The molecule has 2 aromatic carbocycles. The summed E-state index contributed by atoms with van der Waals surface area (Å²) in [7, 11) is -6.56. The molecule has 2 nitrogen and oxygen atoms in total. The Morgan fingerprint density at radius 1 is 0.679 bits per heavy atom. The van der Waals surface area contributed by atoms with Gasteiger partial charge in [0.05, 0.1) is 0 Å². The number of benzene rings is 2. The molecule has 2 rings (SSSR count). The van der Waals surface area contributed by atoms with Gasteiger partial charge in [0.25, 0.3) is 0 Å². The minimum absolute atomic E-state index is 0.473. The van der Waals surface area contributed by atoms with Gasteiger partial charge in [0, 0.05) is 5.19 Å². The van der Waals surface area contributed by atoms with Gasteiger partial charge in [-0.3, -0.25) is 0 Å². The molecule has 0 fully saturated rings. The summed E-state index contributed by atoms with van der Waals surface area (Å²) in [5.41, 5.74) is 0.551. The van der Waals surface area contributed by atoms with Crippen molar-refractivity contribution in [2.24, 2.45) is 0 Å². The molecule has 0 heterocycles. The molecule has 0 aromatic heterocycles. The molecule has 0 aliphatic heterocycles. The summed E-state index contributed by atoms with van der Waals surface area (Å²) in [4.78, 5) is 0. The van der Waals surface area contributed by atoms with Crippen LogP contribution in [0, 0.1) is 0 Å². The molecule has 6 heteroatoms. The van der Waals surface area contributed by atoms with E-state index >= 15 is 0 Å². The molecule has 0 spiro atoms. The Balaban J connectivity index is 2.66. The first-order valence-corrected chi connectivity index (χ1v) is 20.7. The van der Waals surface area contributed by atoms with Crippen LogP contribution in [0.4, 0.5) is 0 Å². The Bertz CT molecular complexity index is 751. The second-order valence-electron chi connectivity index (χ2n) is 9.69. The monoisotopic (exact) mass is 448 g/mol. The zero-order chi connectivity index (χ0) is 21.2. The zero-order valence-corrected chi connectivity index (χ0v) is 22.9. The smallest absolute Gasteiger partial charge is 0.349 e. The molecular formula is C22H37O2PSi3. The highest BCUT2D eigenvalue weighted by molar-refractivity contribution is 7.74. The van der Waals surface area contributed by atoms with Crippen molar-refractivity contribution in [3.8, 4) is 0 Å². The summed E-state index contributed by atoms with van der Waals surface area (Å²) in [6.07, 6.45) is 0. The lowest BCUT2D eigenvalue weighted by Gasteiger charge is -2.40. The van der Waals surface area contributed by atoms with Gasteiger partial charge >= 0.3 is 8.56 Å². The van der Waals surface area contributed by atoms with Gasteiger partial charge in [0.1, 0.15) is 0 Å². The van der Waals surface area contributed by atoms with Crippen molar-refractivity contribution in [2.75, 3.05) is 0 Å². The average Bonchev–Trinajstić information content (AvgIpc) is 2.52. The van der Waals surface area contributed by atoms with Crippen molar-refractivity contribution in [1.82, 2.24) is 0 Å². The zero-order valence-electron chi connectivity index (χ0n) is 19.0. The number of rotatable bonds is 8. The van der Waals surface area contributed by atoms with Crippen molar-refractivity contribution in [3.63, 3.8) is 0 Å². The quantitative estimate of drug-likeness (QED) is 0.392. The molecule has 0 aliphatic carbocycles. The first kappa shape index (κ1) is 23.7. The predicted molar refractivity (Wildman–Crippen MR) is 134 cm³/mol. The van der Waals surface area contributed by atoms with Crippen LogP contribution in [-0.4, -0.2) is 30.9 Å². The van der Waals surface area contributed by atoms with Crippen LogP contribution in [0.25, 0.3) is 0 Å². The fraction of sp³-hybridized carbons (Fsp3) is 0.455. The average molecular weight is 449 g/mol. The van der Waals surface area contributed by atoms with E-state index in [0.717, 1.165) is 0 Å². The molecule has 0 N–H and O–H groups in total. The largest absolute Gasteiger partial charge is 0.433 e. The first-order valence-electron chi connectivity index (χ1n) is 10.2. The second-order valence-corrected chi connectivity index (χ2v) is 25.0. The van der Waals surface area contributed by atoms with Crippen molar-refractivity contribution < 1.29 is 8.23 Å². The molecule has 0 bridgehead atoms. The molecule has 1 unspecified atom stereocenters. The standard InChI is InChI=1S/C22H37O2PSi3/c1-19(2)25(20-15-11-10-12-16-20)21-17-13-14-18-22(21)28(9,23-26(3,4)5)24-27(6,7)8/h10-19H,1-9H3. The number of hydrogen-bond acceptors (Lipinski definition) is 2. The lowest BCUT2D eigenvalue weighted by Crippen LogP contribution is -2.63. The van der Waals surface area contributed by atoms with E-state index in [-0.39, 0.29) is 0 Å². The summed E-state index contributed by atoms with van der Waals surface area (Å²) in [5.74, 6) is 0. The molecule has 154 valence electrons. The third-order valence-corrected chi connectivity index (χ3v) is 16.6. The van der Waals surface area contributed by atoms with E-state index in [1.54, 1.807) is 0 Å². The van der Waals surface area contributed by atoms with Crippen molar-refractivity contribution in [1.29, 1.82) is 0 Å². The summed E-state index contributed by atoms with van der Waals surface area (Å²) in [6.45, 7) is 20.6. The highest BCUT2D eigenvalue weighted by atomic mass is 31.1. The van der Waals surface area contributed by atoms with E-state index in [1.807, 2.05) is 0 Å². The van der Waals surface area contributed by atoms with Crippen LogP contribution < -0.4 is 15.8 Å². The fourth-order valence-corrected chi connectivity index (χ4v) is 18.9. The van der Waals surface area contributed by atoms with E-state index in [0.29, 0.717) is 5.66 Å². The van der Waals surface area contributed by atoms with Gasteiger partial charge in [-0.05, 0) is 70.0 Å². The Kier molecular flexibility index (Phi) is 7.68. The number of hydrogen-bond donors (Lipinski definition) is 0. The molecule has 0 saturated heterocycles. The maximum absolute atomic E-state index is 6.89. The van der Waals surface area contributed by atoms with E-state index in [2.05, 4.69) is 114 Å². The van der Waals surface area contributed by atoms with Crippen LogP contribution in [0.2, 0.25) is 45.8 Å². The second kappa shape index (κ2) is 9.07. The van der Waals surface area contributed by atoms with Crippen LogP contribution >= 0.6 is 7.92 Å². The van der Waals surface area contributed by atoms with Crippen LogP contribution in [0.1, 0.15) is 13.8 Å². The van der Waals surface area contributed by atoms with Crippen LogP contribution in [0.15, 0.2) is 54.6 Å². The Hall–Kier alpha value is -0.559. The summed E-state index contributed by atoms with van der Waals surface area (Å²) >= 11 is 0. The summed E-state index contributed by atoms with van der Waals surface area (Å²) in [5, 5.41) is 4.20. The minimum atomic E-state index is -2.54. The Labute approximate surface area is 177 Å². The lowest BCUT2D eigenvalue weighted by molar-refractivity contribution is 0.405. The topological polar surface area (TPSA) is 18.5 Å². The van der Waals surface area contributed by atoms with Gasteiger partial charge in [-0.25, -0.2) is 0 Å². The molecule has 0 saturated carbocycles. The molecule has 0 amide bonds. The lowest BCUT2D eigenvalue weighted by atomic mass is 10.4. The molecular weight excluding hydrogens is 411 g/mol. The summed E-state index contributed by atoms with van der Waals surface area (Å²) < 4.78 is 13.8. The van der Waals surface area contributed by atoms with Gasteiger partial charge in [-0.2, -0.15) is 0 Å². The molecule has 1 atom stereocenters. The first-order chi connectivity index (χ1) is 12.8. The van der Waals surface area contributed by atoms with Gasteiger partial charge in [-0.1, -0.05) is 68.4 Å². The normalized spacial score (nSPS) is 14.4. The van der Waals surface area contributed by atoms with Gasteiger partial charge in [-0.15, -0.1) is 0 Å². The van der Waals surface area contributed by atoms with Gasteiger partial charge in [0.2, 0.25) is 0 Å². The van der Waals surface area contributed by atoms with Crippen molar-refractivity contribution >= 4 is 48.9 Å². The summed E-state index contributed by atoms with van der Waals surface area (Å²) in [6, 6.07) is 19.9. The van der Waals surface area contributed by atoms with Gasteiger partial charge in [0.15, 0.2) is 16.6 Å². The Morgan fingerprint density at radius 3 is 1.61 bits per heavy atom. The van der Waals surface area contributed by atoms with E-state index in [9.17, 15) is 0 Å². The van der Waals surface area contributed by atoms with E-state index < -0.39 is 33.1 Å². The molecule has 0 radical (unpaired) electrons. The fourth-order valence-electron chi connectivity index (χ4n) is 3.67. The van der Waals surface area contributed by atoms with Crippen LogP contribution in [-0.2, 0) is 8.23 Å². The van der Waals surface area contributed by atoms with Gasteiger partial charge < -0.3 is 8.23 Å². The molecule has 0 aliphatic rings. The predicted octanol–water partition coefficient (Wildman–Crippen LogP) is 5.51. The van der Waals surface area contributed by atoms with Crippen molar-refractivity contribution in [2.45, 2.75) is 65.3 Å². The van der Waals surface area contributed by atoms with Crippen molar-refractivity contribution in [3.05, 3.63) is 54.6 Å². The SMILES string of the molecule is CC(C)P(c1ccccc1)c1ccccc1[Si](C)(O[Si](C)(C)C)O[Si](C)(C)C. The third-order valence-electron chi connectivity index (χ3n) is 4.21. The van der Waals surface area contributed by atoms with Crippen LogP contribution in [0.3, 0.4) is 0 Å². The van der Waals surface area contributed by atoms with E-state index in [4.69, 9.17) is 8.23 Å². The molecule has 28 heavy (non-hydrogen) atoms. The van der Waals surface area contributed by atoms with E-state index in [1.165, 1.54) is 15.8 Å². The highest BCUT2D eigenvalue weighted by Crippen LogP contribution is 2.39. The third kappa shape index (κ3) is 6.48. The molecule has 2 aromatic rings.